The van der Waals surface area contributed by atoms with Gasteiger partial charge in [0.15, 0.2) is 5.92 Å². The van der Waals surface area contributed by atoms with Gasteiger partial charge in [0.05, 0.1) is 27.4 Å². The number of fused-ring (bicyclic) bond motifs is 1. The summed E-state index contributed by atoms with van der Waals surface area (Å²) in [7, 11) is 2.46. The zero-order chi connectivity index (χ0) is 17.3. The summed E-state index contributed by atoms with van der Waals surface area (Å²) < 4.78 is 15.1. The van der Waals surface area contributed by atoms with Crippen molar-refractivity contribution in [2.45, 2.75) is 5.92 Å². The number of Topliss-reactive ketones (excluding diaryl/α,β-unsaturated/α-hetero) is 1. The van der Waals surface area contributed by atoms with Crippen LogP contribution in [0.1, 0.15) is 11.5 Å². The number of hydrogen-bond donors (Lipinski definition) is 0. The molecule has 1 heterocycles. The Bertz CT molecular complexity index is 624. The number of carbonyl (C=O) groups excluding carboxylic acids is 3. The van der Waals surface area contributed by atoms with Crippen LogP contribution in [0.2, 0.25) is 0 Å². The molecule has 0 spiro atoms. The molecular weight excluding hydrogens is 312 g/mol. The third kappa shape index (κ3) is 2.60. The van der Waals surface area contributed by atoms with Crippen LogP contribution in [0.25, 0.3) is 0 Å². The highest BCUT2D eigenvalue weighted by molar-refractivity contribution is 5.99. The molecule has 1 aliphatic carbocycles. The number of esters is 2. The van der Waals surface area contributed by atoms with Crippen molar-refractivity contribution in [1.29, 1.82) is 0 Å². The average Bonchev–Trinajstić information content (AvgIpc) is 3.19. The summed E-state index contributed by atoms with van der Waals surface area (Å²) in [4.78, 5) is 37.5. The van der Waals surface area contributed by atoms with E-state index >= 15 is 0 Å². The maximum atomic E-state index is 12.9. The molecule has 1 saturated carbocycles. The molecule has 0 bridgehead atoms. The monoisotopic (exact) mass is 332 g/mol. The molecule has 1 saturated heterocycles. The van der Waals surface area contributed by atoms with E-state index in [2.05, 4.69) is 0 Å². The van der Waals surface area contributed by atoms with Crippen molar-refractivity contribution in [1.82, 2.24) is 0 Å². The number of methoxy groups -OCH3 is 2. The maximum Gasteiger partial charge on any atom is 0.320 e. The van der Waals surface area contributed by atoms with Crippen molar-refractivity contribution in [3.8, 4) is 0 Å². The van der Waals surface area contributed by atoms with Crippen LogP contribution in [0.4, 0.5) is 0 Å². The van der Waals surface area contributed by atoms with Crippen molar-refractivity contribution in [3.63, 3.8) is 0 Å². The van der Waals surface area contributed by atoms with E-state index < -0.39 is 29.7 Å². The van der Waals surface area contributed by atoms with Gasteiger partial charge in [-0.3, -0.25) is 14.4 Å². The smallest absolute Gasteiger partial charge is 0.320 e. The van der Waals surface area contributed by atoms with Gasteiger partial charge in [-0.2, -0.15) is 0 Å². The average molecular weight is 332 g/mol. The highest BCUT2D eigenvalue weighted by atomic mass is 16.5. The predicted molar refractivity (Wildman–Crippen MR) is 83.0 cm³/mol. The zero-order valence-corrected chi connectivity index (χ0v) is 13.6. The fourth-order valence-corrected chi connectivity index (χ4v) is 4.06. The first-order chi connectivity index (χ1) is 11.6. The molecule has 128 valence electrons. The van der Waals surface area contributed by atoms with Gasteiger partial charge in [0, 0.05) is 17.8 Å². The topological polar surface area (TPSA) is 78.9 Å². The first-order valence-electron chi connectivity index (χ1n) is 7.92. The summed E-state index contributed by atoms with van der Waals surface area (Å²) in [6.45, 7) is 0.688. The summed E-state index contributed by atoms with van der Waals surface area (Å²) in [5.74, 6) is -4.00. The molecule has 0 radical (unpaired) electrons. The predicted octanol–water partition coefficient (Wildman–Crippen LogP) is 1.19. The summed E-state index contributed by atoms with van der Waals surface area (Å²) in [6, 6.07) is 9.25. The highest BCUT2D eigenvalue weighted by Gasteiger charge is 2.58. The summed E-state index contributed by atoms with van der Waals surface area (Å²) in [5, 5.41) is 0. The van der Waals surface area contributed by atoms with Crippen LogP contribution >= 0.6 is 0 Å². The van der Waals surface area contributed by atoms with Crippen LogP contribution < -0.4 is 0 Å². The lowest BCUT2D eigenvalue weighted by atomic mass is 9.75. The van der Waals surface area contributed by atoms with Crippen molar-refractivity contribution in [2.75, 3.05) is 27.4 Å². The number of hydrogen-bond acceptors (Lipinski definition) is 6. The minimum atomic E-state index is -1.13. The first kappa shape index (κ1) is 16.6. The molecule has 6 nitrogen and oxygen atoms in total. The minimum absolute atomic E-state index is 0.0199. The number of ketones is 1. The second kappa shape index (κ2) is 6.73. The Balaban J connectivity index is 2.07. The minimum Gasteiger partial charge on any atom is -0.468 e. The largest absolute Gasteiger partial charge is 0.468 e. The Labute approximate surface area is 140 Å². The lowest BCUT2D eigenvalue weighted by molar-refractivity contribution is -0.162. The van der Waals surface area contributed by atoms with Crippen LogP contribution in [0.3, 0.4) is 0 Å². The molecule has 24 heavy (non-hydrogen) atoms. The molecule has 0 aromatic heterocycles. The molecule has 4 atom stereocenters. The summed E-state index contributed by atoms with van der Waals surface area (Å²) in [5.41, 5.74) is 0.805. The Morgan fingerprint density at radius 2 is 1.71 bits per heavy atom. The third-order valence-electron chi connectivity index (χ3n) is 5.13. The van der Waals surface area contributed by atoms with Crippen molar-refractivity contribution in [3.05, 3.63) is 35.9 Å². The molecule has 1 aromatic carbocycles. The highest BCUT2D eigenvalue weighted by Crippen LogP contribution is 2.51. The molecule has 0 N–H and O–H groups in total. The van der Waals surface area contributed by atoms with Gasteiger partial charge in [-0.05, 0) is 11.5 Å². The van der Waals surface area contributed by atoms with Gasteiger partial charge < -0.3 is 14.2 Å². The Hall–Kier alpha value is -2.21. The fourth-order valence-electron chi connectivity index (χ4n) is 4.06. The van der Waals surface area contributed by atoms with E-state index in [0.717, 1.165) is 5.56 Å². The zero-order valence-electron chi connectivity index (χ0n) is 13.6. The van der Waals surface area contributed by atoms with Crippen LogP contribution in [-0.4, -0.2) is 45.2 Å². The molecule has 0 amide bonds. The lowest BCUT2D eigenvalue weighted by Gasteiger charge is -2.28. The number of ether oxygens (including phenoxy) is 3. The van der Waals surface area contributed by atoms with Crippen molar-refractivity contribution in [2.24, 2.45) is 23.7 Å². The Kier molecular flexibility index (Phi) is 4.66. The van der Waals surface area contributed by atoms with E-state index in [1.807, 2.05) is 30.3 Å². The van der Waals surface area contributed by atoms with Crippen LogP contribution in [0.15, 0.2) is 30.3 Å². The van der Waals surface area contributed by atoms with Gasteiger partial charge in [-0.15, -0.1) is 0 Å². The molecule has 1 aliphatic heterocycles. The van der Waals surface area contributed by atoms with Gasteiger partial charge in [0.1, 0.15) is 5.78 Å². The standard InChI is InChI=1S/C18H20O6/c1-22-17(20)15(18(21)23-2)14-11-8-24-9-12(11)16(19)13(14)10-6-4-3-5-7-10/h3-7,11-15H,8-9H2,1-2H3. The number of rotatable bonds is 4. The van der Waals surface area contributed by atoms with Crippen LogP contribution in [0, 0.1) is 23.7 Å². The SMILES string of the molecule is COC(=O)C(C(=O)OC)C1C(c2ccccc2)C(=O)C2COCC21. The summed E-state index contributed by atoms with van der Waals surface area (Å²) >= 11 is 0. The molecule has 3 rings (SSSR count). The second-order valence-corrected chi connectivity index (χ2v) is 6.20. The lowest BCUT2D eigenvalue weighted by Crippen LogP contribution is -2.38. The van der Waals surface area contributed by atoms with Gasteiger partial charge in [-0.25, -0.2) is 0 Å². The van der Waals surface area contributed by atoms with E-state index in [-0.39, 0.29) is 17.6 Å². The fraction of sp³-hybridized carbons (Fsp3) is 0.500. The summed E-state index contributed by atoms with van der Waals surface area (Å²) in [6.07, 6.45) is 0. The quantitative estimate of drug-likeness (QED) is 0.609. The van der Waals surface area contributed by atoms with Gasteiger partial charge in [0.2, 0.25) is 0 Å². The molecule has 4 unspecified atom stereocenters. The van der Waals surface area contributed by atoms with Crippen LogP contribution in [-0.2, 0) is 28.6 Å². The van der Waals surface area contributed by atoms with Gasteiger partial charge in [-0.1, -0.05) is 30.3 Å². The van der Waals surface area contributed by atoms with Crippen molar-refractivity contribution < 1.29 is 28.6 Å². The molecular formula is C18H20O6. The second-order valence-electron chi connectivity index (χ2n) is 6.20. The normalized spacial score (nSPS) is 28.7. The van der Waals surface area contributed by atoms with E-state index in [1.165, 1.54) is 14.2 Å². The van der Waals surface area contributed by atoms with E-state index in [4.69, 9.17) is 14.2 Å². The number of carbonyl (C=O) groups is 3. The maximum absolute atomic E-state index is 12.9. The molecule has 2 aliphatic rings. The molecule has 6 heteroatoms. The number of benzene rings is 1. The van der Waals surface area contributed by atoms with E-state index in [9.17, 15) is 14.4 Å². The van der Waals surface area contributed by atoms with Crippen molar-refractivity contribution >= 4 is 17.7 Å². The Morgan fingerprint density at radius 3 is 2.29 bits per heavy atom. The third-order valence-corrected chi connectivity index (χ3v) is 5.13. The molecule has 1 aromatic rings. The van der Waals surface area contributed by atoms with Gasteiger partial charge in [0.25, 0.3) is 0 Å². The Morgan fingerprint density at radius 1 is 1.08 bits per heavy atom. The molecule has 2 fully saturated rings. The first-order valence-corrected chi connectivity index (χ1v) is 7.92. The van der Waals surface area contributed by atoms with E-state index in [0.29, 0.717) is 13.2 Å². The van der Waals surface area contributed by atoms with E-state index in [1.54, 1.807) is 0 Å². The van der Waals surface area contributed by atoms with Crippen LogP contribution in [0.5, 0.6) is 0 Å². The van der Waals surface area contributed by atoms with Gasteiger partial charge >= 0.3 is 11.9 Å².